The molecule has 17 heavy (non-hydrogen) atoms. The van der Waals surface area contributed by atoms with Gasteiger partial charge in [-0.15, -0.1) is 0 Å². The first-order chi connectivity index (χ1) is 8.18. The molecule has 0 amide bonds. The van der Waals surface area contributed by atoms with E-state index in [2.05, 4.69) is 9.36 Å². The van der Waals surface area contributed by atoms with Gasteiger partial charge in [0.05, 0.1) is 0 Å². The summed E-state index contributed by atoms with van der Waals surface area (Å²) in [4.78, 5) is 15.8. The first kappa shape index (κ1) is 12.3. The molecule has 0 aliphatic rings. The van der Waals surface area contributed by atoms with E-state index in [-0.39, 0.29) is 21.7 Å². The predicted molar refractivity (Wildman–Crippen MR) is 65.5 cm³/mol. The van der Waals surface area contributed by atoms with Crippen LogP contribution < -0.4 is 0 Å². The number of carbonyl (C=O) groups is 1. The van der Waals surface area contributed by atoms with Crippen molar-refractivity contribution in [3.8, 4) is 0 Å². The van der Waals surface area contributed by atoms with Crippen LogP contribution in [0.2, 0.25) is 10.2 Å². The lowest BCUT2D eigenvalue weighted by molar-refractivity contribution is 0.0478. The first-order valence-corrected chi connectivity index (χ1v) is 6.08. The molecular formula is C10H6Cl2N2O2S. The van der Waals surface area contributed by atoms with E-state index in [1.807, 2.05) is 6.07 Å². The SMILES string of the molecule is O=C(OCc1cccnc1)c1snc(Cl)c1Cl. The molecule has 0 saturated carbocycles. The normalized spacial score (nSPS) is 10.2. The lowest BCUT2D eigenvalue weighted by Crippen LogP contribution is -2.03. The summed E-state index contributed by atoms with van der Waals surface area (Å²) in [6.07, 6.45) is 3.26. The second-order valence-corrected chi connectivity index (χ2v) is 4.56. The number of rotatable bonds is 3. The zero-order valence-electron chi connectivity index (χ0n) is 8.39. The van der Waals surface area contributed by atoms with Gasteiger partial charge in [-0.25, -0.2) is 4.79 Å². The van der Waals surface area contributed by atoms with E-state index in [4.69, 9.17) is 27.9 Å². The molecule has 0 aliphatic heterocycles. The van der Waals surface area contributed by atoms with Crippen molar-refractivity contribution in [3.63, 3.8) is 0 Å². The summed E-state index contributed by atoms with van der Waals surface area (Å²) in [7, 11) is 0. The Balaban J connectivity index is 2.01. The molecule has 0 N–H and O–H groups in total. The molecule has 2 aromatic heterocycles. The van der Waals surface area contributed by atoms with Crippen molar-refractivity contribution in [2.45, 2.75) is 6.61 Å². The molecule has 0 spiro atoms. The van der Waals surface area contributed by atoms with E-state index in [1.54, 1.807) is 18.5 Å². The van der Waals surface area contributed by atoms with Gasteiger partial charge >= 0.3 is 5.97 Å². The zero-order chi connectivity index (χ0) is 12.3. The summed E-state index contributed by atoms with van der Waals surface area (Å²) in [5, 5.41) is 0.248. The second-order valence-electron chi connectivity index (χ2n) is 3.05. The predicted octanol–water partition coefficient (Wildman–Crippen LogP) is 3.20. The van der Waals surface area contributed by atoms with E-state index in [1.165, 1.54) is 0 Å². The molecule has 0 unspecified atom stereocenters. The molecule has 2 heterocycles. The summed E-state index contributed by atoms with van der Waals surface area (Å²) in [5.74, 6) is -0.539. The molecule has 7 heteroatoms. The Labute approximate surface area is 111 Å². The standard InChI is InChI=1S/C10H6Cl2N2O2S/c11-7-8(17-14-9(7)12)10(15)16-5-6-2-1-3-13-4-6/h1-4H,5H2. The van der Waals surface area contributed by atoms with Gasteiger partial charge in [0.1, 0.15) is 11.6 Å². The smallest absolute Gasteiger partial charge is 0.351 e. The van der Waals surface area contributed by atoms with Gasteiger partial charge in [-0.1, -0.05) is 29.3 Å². The van der Waals surface area contributed by atoms with Crippen molar-refractivity contribution < 1.29 is 9.53 Å². The van der Waals surface area contributed by atoms with Gasteiger partial charge in [-0.3, -0.25) is 4.98 Å². The van der Waals surface area contributed by atoms with Crippen molar-refractivity contribution in [1.29, 1.82) is 0 Å². The summed E-state index contributed by atoms with van der Waals surface area (Å²) in [5.41, 5.74) is 0.799. The molecule has 0 radical (unpaired) electrons. The maximum Gasteiger partial charge on any atom is 0.351 e. The van der Waals surface area contributed by atoms with Gasteiger partial charge in [0.2, 0.25) is 0 Å². The summed E-state index contributed by atoms with van der Waals surface area (Å²) in [6, 6.07) is 3.57. The Kier molecular flexibility index (Phi) is 3.93. The van der Waals surface area contributed by atoms with Crippen LogP contribution in [-0.4, -0.2) is 15.3 Å². The number of esters is 1. The third kappa shape index (κ3) is 2.94. The molecule has 0 aromatic carbocycles. The third-order valence-corrected chi connectivity index (χ3v) is 3.65. The fraction of sp³-hybridized carbons (Fsp3) is 0.100. The Bertz CT molecular complexity index is 530. The molecule has 4 nitrogen and oxygen atoms in total. The van der Waals surface area contributed by atoms with Crippen molar-refractivity contribution in [3.05, 3.63) is 45.1 Å². The summed E-state index contributed by atoms with van der Waals surface area (Å²) in [6.45, 7) is 0.137. The number of ether oxygens (including phenoxy) is 1. The fourth-order valence-corrected chi connectivity index (χ4v) is 2.18. The summed E-state index contributed by atoms with van der Waals surface area (Å²) >= 11 is 12.3. The Hall–Kier alpha value is -1.17. The molecule has 0 aliphatic carbocycles. The van der Waals surface area contributed by atoms with E-state index in [0.717, 1.165) is 17.1 Å². The molecule has 2 rings (SSSR count). The van der Waals surface area contributed by atoms with E-state index < -0.39 is 5.97 Å². The van der Waals surface area contributed by atoms with Crippen LogP contribution in [0.25, 0.3) is 0 Å². The van der Waals surface area contributed by atoms with E-state index in [0.29, 0.717) is 0 Å². The largest absolute Gasteiger partial charge is 0.456 e. The van der Waals surface area contributed by atoms with Gasteiger partial charge in [-0.05, 0) is 17.6 Å². The number of hydrogen-bond acceptors (Lipinski definition) is 5. The van der Waals surface area contributed by atoms with Crippen LogP contribution in [0.3, 0.4) is 0 Å². The van der Waals surface area contributed by atoms with E-state index in [9.17, 15) is 4.79 Å². The van der Waals surface area contributed by atoms with Crippen molar-refractivity contribution >= 4 is 40.7 Å². The maximum atomic E-state index is 11.6. The lowest BCUT2D eigenvalue weighted by Gasteiger charge is -2.02. The minimum absolute atomic E-state index is 0.116. The topological polar surface area (TPSA) is 52.1 Å². The monoisotopic (exact) mass is 288 g/mol. The van der Waals surface area contributed by atoms with Crippen LogP contribution in [0, 0.1) is 0 Å². The van der Waals surface area contributed by atoms with Crippen LogP contribution in [0.4, 0.5) is 0 Å². The molecule has 0 bridgehead atoms. The van der Waals surface area contributed by atoms with Crippen LogP contribution >= 0.6 is 34.7 Å². The van der Waals surface area contributed by atoms with Crippen LogP contribution in [0.15, 0.2) is 24.5 Å². The molecule has 0 fully saturated rings. The van der Waals surface area contributed by atoms with Gasteiger partial charge in [0.25, 0.3) is 0 Å². The van der Waals surface area contributed by atoms with Crippen LogP contribution in [0.5, 0.6) is 0 Å². The molecule has 0 atom stereocenters. The quantitative estimate of drug-likeness (QED) is 0.814. The average molecular weight is 289 g/mol. The molecule has 2 aromatic rings. The Morgan fingerprint density at radius 3 is 2.88 bits per heavy atom. The highest BCUT2D eigenvalue weighted by Crippen LogP contribution is 2.29. The average Bonchev–Trinajstić information content (AvgIpc) is 2.69. The minimum atomic E-state index is -0.539. The van der Waals surface area contributed by atoms with Gasteiger partial charge in [0.15, 0.2) is 10.0 Å². The van der Waals surface area contributed by atoms with E-state index >= 15 is 0 Å². The zero-order valence-corrected chi connectivity index (χ0v) is 10.7. The minimum Gasteiger partial charge on any atom is -0.456 e. The number of carbonyl (C=O) groups excluding carboxylic acids is 1. The lowest BCUT2D eigenvalue weighted by atomic mass is 10.3. The van der Waals surface area contributed by atoms with Crippen molar-refractivity contribution in [2.24, 2.45) is 0 Å². The Morgan fingerprint density at radius 1 is 1.47 bits per heavy atom. The highest BCUT2D eigenvalue weighted by molar-refractivity contribution is 7.09. The number of aromatic nitrogens is 2. The molecule has 0 saturated heterocycles. The maximum absolute atomic E-state index is 11.6. The highest BCUT2D eigenvalue weighted by Gasteiger charge is 2.18. The van der Waals surface area contributed by atoms with Gasteiger partial charge in [0, 0.05) is 18.0 Å². The second kappa shape index (κ2) is 5.44. The number of pyridine rings is 1. The Morgan fingerprint density at radius 2 is 2.29 bits per heavy atom. The van der Waals surface area contributed by atoms with Crippen LogP contribution in [-0.2, 0) is 11.3 Å². The molecule has 88 valence electrons. The van der Waals surface area contributed by atoms with Crippen molar-refractivity contribution in [1.82, 2.24) is 9.36 Å². The number of hydrogen-bond donors (Lipinski definition) is 0. The highest BCUT2D eigenvalue weighted by atomic mass is 35.5. The van der Waals surface area contributed by atoms with Gasteiger partial charge < -0.3 is 4.74 Å². The van der Waals surface area contributed by atoms with Crippen LogP contribution in [0.1, 0.15) is 15.2 Å². The first-order valence-electron chi connectivity index (χ1n) is 4.55. The summed E-state index contributed by atoms with van der Waals surface area (Å²) < 4.78 is 8.81. The number of nitrogens with zero attached hydrogens (tertiary/aromatic N) is 2. The number of halogens is 2. The van der Waals surface area contributed by atoms with Gasteiger partial charge in [-0.2, -0.15) is 4.37 Å². The molecular weight excluding hydrogens is 283 g/mol. The fourth-order valence-electron chi connectivity index (χ4n) is 1.08. The third-order valence-electron chi connectivity index (χ3n) is 1.88. The van der Waals surface area contributed by atoms with Crippen molar-refractivity contribution in [2.75, 3.05) is 0 Å².